The lowest BCUT2D eigenvalue weighted by Gasteiger charge is -2.44. The maximum atomic E-state index is 12.4. The predicted octanol–water partition coefficient (Wildman–Crippen LogP) is 4.43. The van der Waals surface area contributed by atoms with E-state index in [0.717, 1.165) is 45.8 Å². The summed E-state index contributed by atoms with van der Waals surface area (Å²) < 4.78 is 1.69. The maximum absolute atomic E-state index is 12.4. The molecule has 1 saturated carbocycles. The zero-order valence-electron chi connectivity index (χ0n) is 19.7. The van der Waals surface area contributed by atoms with Crippen molar-refractivity contribution in [2.75, 3.05) is 13.1 Å². The molecule has 1 aliphatic carbocycles. The van der Waals surface area contributed by atoms with Crippen LogP contribution in [0.4, 0.5) is 0 Å². The number of H-pyrrole nitrogens is 1. The number of hydrogen-bond donors (Lipinski definition) is 2. The quantitative estimate of drug-likeness (QED) is 0.611. The number of nitrogens with zero attached hydrogens (tertiary/aromatic N) is 3. The molecule has 0 aromatic carbocycles. The lowest BCUT2D eigenvalue weighted by Crippen LogP contribution is -2.55. The standard InChI is InChI=1S/C25H34N4O2S/c1-13(2)20-21(19-12-28(5)25(31)15(4)14(19)3)26-24-22(20)27-23(32-24)16-6-8-17(9-7-16)29-10-18(30)11-29/h12-13,16-18,26,30H,6-11H2,1-5H3. The third-order valence-corrected chi connectivity index (χ3v) is 8.77. The number of aromatic amines is 1. The molecule has 2 N–H and O–H groups in total. The Hall–Kier alpha value is -1.96. The number of aromatic nitrogens is 3. The number of thiazole rings is 1. The van der Waals surface area contributed by atoms with E-state index in [9.17, 15) is 9.90 Å². The molecule has 0 spiro atoms. The summed E-state index contributed by atoms with van der Waals surface area (Å²) in [6.45, 7) is 10.1. The molecule has 2 aliphatic rings. The van der Waals surface area contributed by atoms with E-state index >= 15 is 0 Å². The molecule has 2 fully saturated rings. The van der Waals surface area contributed by atoms with Gasteiger partial charge in [0.1, 0.15) is 10.3 Å². The number of aryl methyl sites for hydroxylation is 1. The molecule has 4 heterocycles. The number of nitrogens with one attached hydrogen (secondary N) is 1. The van der Waals surface area contributed by atoms with Crippen molar-refractivity contribution in [2.45, 2.75) is 77.4 Å². The van der Waals surface area contributed by atoms with E-state index in [1.54, 1.807) is 4.57 Å². The zero-order valence-corrected chi connectivity index (χ0v) is 20.6. The number of rotatable bonds is 4. The number of likely N-dealkylation sites (tertiary alicyclic amines) is 1. The van der Waals surface area contributed by atoms with Crippen LogP contribution < -0.4 is 5.56 Å². The predicted molar refractivity (Wildman–Crippen MR) is 131 cm³/mol. The normalized spacial score (nSPS) is 22.7. The second-order valence-corrected chi connectivity index (χ2v) is 11.2. The minimum Gasteiger partial charge on any atom is -0.390 e. The van der Waals surface area contributed by atoms with Crippen LogP contribution in [0.15, 0.2) is 11.0 Å². The van der Waals surface area contributed by atoms with E-state index in [1.165, 1.54) is 36.3 Å². The Labute approximate surface area is 193 Å². The van der Waals surface area contributed by atoms with E-state index in [4.69, 9.17) is 4.98 Å². The van der Waals surface area contributed by atoms with Gasteiger partial charge in [0, 0.05) is 55.0 Å². The van der Waals surface area contributed by atoms with E-state index < -0.39 is 0 Å². The van der Waals surface area contributed by atoms with Gasteiger partial charge in [-0.15, -0.1) is 11.3 Å². The fraction of sp³-hybridized carbons (Fsp3) is 0.600. The Morgan fingerprint density at radius 1 is 1.16 bits per heavy atom. The zero-order chi connectivity index (χ0) is 22.7. The molecule has 0 unspecified atom stereocenters. The number of aliphatic hydroxyl groups excluding tert-OH is 1. The summed E-state index contributed by atoms with van der Waals surface area (Å²) in [6.07, 6.45) is 6.59. The first-order chi connectivity index (χ1) is 15.2. The number of aliphatic hydroxyl groups is 1. The Bertz CT molecular complexity index is 1210. The SMILES string of the molecule is Cc1c(-c2[nH]c3sc(C4CCC(N5CC(O)C5)CC4)nc3c2C(C)C)cn(C)c(=O)c1C. The van der Waals surface area contributed by atoms with Crippen molar-refractivity contribution in [1.82, 2.24) is 19.4 Å². The van der Waals surface area contributed by atoms with Crippen LogP contribution in [0, 0.1) is 13.8 Å². The molecule has 3 aromatic heterocycles. The highest BCUT2D eigenvalue weighted by atomic mass is 32.1. The first kappa shape index (κ1) is 21.9. The Kier molecular flexibility index (Phi) is 5.55. The highest BCUT2D eigenvalue weighted by Gasteiger charge is 2.34. The average Bonchev–Trinajstić information content (AvgIpc) is 3.30. The smallest absolute Gasteiger partial charge is 0.253 e. The highest BCUT2D eigenvalue weighted by molar-refractivity contribution is 7.18. The summed E-state index contributed by atoms with van der Waals surface area (Å²) >= 11 is 1.81. The van der Waals surface area contributed by atoms with Crippen molar-refractivity contribution < 1.29 is 5.11 Å². The Balaban J connectivity index is 1.46. The second-order valence-electron chi connectivity index (χ2n) is 10.1. The highest BCUT2D eigenvalue weighted by Crippen LogP contribution is 2.43. The summed E-state index contributed by atoms with van der Waals surface area (Å²) in [5.41, 5.74) is 6.47. The number of pyridine rings is 1. The minimum atomic E-state index is -0.115. The largest absolute Gasteiger partial charge is 0.390 e. The molecule has 6 nitrogen and oxygen atoms in total. The lowest BCUT2D eigenvalue weighted by molar-refractivity contribution is -0.0343. The van der Waals surface area contributed by atoms with Gasteiger partial charge < -0.3 is 14.7 Å². The summed E-state index contributed by atoms with van der Waals surface area (Å²) in [5, 5.41) is 10.9. The molecule has 1 aliphatic heterocycles. The molecule has 32 heavy (non-hydrogen) atoms. The molecule has 0 radical (unpaired) electrons. The van der Waals surface area contributed by atoms with Crippen molar-refractivity contribution in [2.24, 2.45) is 7.05 Å². The lowest BCUT2D eigenvalue weighted by atomic mass is 9.84. The molecule has 0 amide bonds. The van der Waals surface area contributed by atoms with Crippen LogP contribution in [-0.4, -0.2) is 49.8 Å². The first-order valence-corrected chi connectivity index (χ1v) is 12.7. The van der Waals surface area contributed by atoms with E-state index in [-0.39, 0.29) is 11.7 Å². The minimum absolute atomic E-state index is 0.0643. The van der Waals surface area contributed by atoms with Crippen LogP contribution in [0.2, 0.25) is 0 Å². The molecule has 5 rings (SSSR count). The molecule has 7 heteroatoms. The summed E-state index contributed by atoms with van der Waals surface area (Å²) in [4.78, 5) is 24.8. The van der Waals surface area contributed by atoms with Gasteiger partial charge >= 0.3 is 0 Å². The van der Waals surface area contributed by atoms with Crippen LogP contribution in [0.5, 0.6) is 0 Å². The van der Waals surface area contributed by atoms with Gasteiger partial charge in [-0.1, -0.05) is 13.8 Å². The van der Waals surface area contributed by atoms with E-state index in [1.807, 2.05) is 38.4 Å². The van der Waals surface area contributed by atoms with Gasteiger partial charge in [-0.25, -0.2) is 4.98 Å². The van der Waals surface area contributed by atoms with Crippen LogP contribution in [0.25, 0.3) is 21.6 Å². The van der Waals surface area contributed by atoms with Gasteiger partial charge in [0.2, 0.25) is 0 Å². The Morgan fingerprint density at radius 3 is 2.47 bits per heavy atom. The van der Waals surface area contributed by atoms with Crippen molar-refractivity contribution >= 4 is 21.7 Å². The van der Waals surface area contributed by atoms with E-state index in [2.05, 4.69) is 23.7 Å². The van der Waals surface area contributed by atoms with E-state index in [0.29, 0.717) is 17.9 Å². The molecule has 172 valence electrons. The molecule has 3 aromatic rings. The van der Waals surface area contributed by atoms with Crippen molar-refractivity contribution in [1.29, 1.82) is 0 Å². The number of hydrogen-bond acceptors (Lipinski definition) is 5. The molecular formula is C25H34N4O2S. The maximum Gasteiger partial charge on any atom is 0.253 e. The van der Waals surface area contributed by atoms with Crippen LogP contribution in [0.3, 0.4) is 0 Å². The number of fused-ring (bicyclic) bond motifs is 1. The average molecular weight is 455 g/mol. The molecule has 1 saturated heterocycles. The van der Waals surface area contributed by atoms with Gasteiger partial charge in [0.05, 0.1) is 16.8 Å². The van der Waals surface area contributed by atoms with Crippen molar-refractivity contribution in [3.63, 3.8) is 0 Å². The third kappa shape index (κ3) is 3.55. The number of β-amino-alcohol motifs (C(OH)–C–C–N with tert-alkyl or cyclic N) is 1. The van der Waals surface area contributed by atoms with Crippen LogP contribution in [-0.2, 0) is 7.05 Å². The van der Waals surface area contributed by atoms with Crippen LogP contribution >= 0.6 is 11.3 Å². The van der Waals surface area contributed by atoms with Gasteiger partial charge in [-0.3, -0.25) is 9.69 Å². The summed E-state index contributed by atoms with van der Waals surface area (Å²) in [7, 11) is 1.83. The first-order valence-electron chi connectivity index (χ1n) is 11.9. The monoisotopic (exact) mass is 454 g/mol. The third-order valence-electron chi connectivity index (χ3n) is 7.64. The molecule has 0 atom stereocenters. The molecular weight excluding hydrogens is 420 g/mol. The second kappa shape index (κ2) is 8.12. The van der Waals surface area contributed by atoms with Crippen molar-refractivity contribution in [3.8, 4) is 11.3 Å². The molecule has 0 bridgehead atoms. The Morgan fingerprint density at radius 2 is 1.84 bits per heavy atom. The summed E-state index contributed by atoms with van der Waals surface area (Å²) in [5.74, 6) is 0.868. The van der Waals surface area contributed by atoms with Crippen molar-refractivity contribution in [3.05, 3.63) is 38.2 Å². The van der Waals surface area contributed by atoms with Gasteiger partial charge in [0.25, 0.3) is 5.56 Å². The van der Waals surface area contributed by atoms with Gasteiger partial charge in [-0.05, 0) is 51.0 Å². The fourth-order valence-electron chi connectivity index (χ4n) is 5.55. The van der Waals surface area contributed by atoms with Gasteiger partial charge in [0.15, 0.2) is 0 Å². The van der Waals surface area contributed by atoms with Gasteiger partial charge in [-0.2, -0.15) is 0 Å². The topological polar surface area (TPSA) is 74.2 Å². The van der Waals surface area contributed by atoms with Crippen LogP contribution in [0.1, 0.15) is 73.1 Å². The fourth-order valence-corrected chi connectivity index (χ4v) is 6.71. The summed E-state index contributed by atoms with van der Waals surface area (Å²) in [6, 6.07) is 0.633.